The van der Waals surface area contributed by atoms with Gasteiger partial charge < -0.3 is 19.7 Å². The Hall–Kier alpha value is -2.83. The molecular formula is C18H23N3O4. The molecular weight excluding hydrogens is 322 g/mol. The summed E-state index contributed by atoms with van der Waals surface area (Å²) in [6.07, 6.45) is 2.85. The standard InChI is InChI=1S/C18H23N3O4/c1-12-7-5-9-19-15(12)21-10-6-8-13(21)11-14(16(22)23)20-17(24)25-18(2,3)4/h5-10,14H,11H2,1-4H3,(H,20,24)(H,22,23). The highest BCUT2D eigenvalue weighted by molar-refractivity contribution is 5.80. The van der Waals surface area contributed by atoms with E-state index in [1.54, 1.807) is 33.0 Å². The lowest BCUT2D eigenvalue weighted by molar-refractivity contribution is -0.139. The third kappa shape index (κ3) is 5.07. The third-order valence-corrected chi connectivity index (χ3v) is 3.45. The second-order valence-corrected chi connectivity index (χ2v) is 6.75. The molecule has 2 N–H and O–H groups in total. The molecule has 25 heavy (non-hydrogen) atoms. The number of ether oxygens (including phenoxy) is 1. The smallest absolute Gasteiger partial charge is 0.408 e. The first kappa shape index (κ1) is 18.5. The molecule has 2 rings (SSSR count). The molecule has 2 heterocycles. The minimum absolute atomic E-state index is 0.109. The van der Waals surface area contributed by atoms with Crippen LogP contribution >= 0.6 is 0 Å². The highest BCUT2D eigenvalue weighted by atomic mass is 16.6. The molecule has 0 aliphatic carbocycles. The predicted octanol–water partition coefficient (Wildman–Crippen LogP) is 2.70. The SMILES string of the molecule is Cc1cccnc1-n1cccc1CC(NC(=O)OC(C)(C)C)C(=O)O. The molecule has 1 unspecified atom stereocenters. The summed E-state index contributed by atoms with van der Waals surface area (Å²) in [4.78, 5) is 27.8. The lowest BCUT2D eigenvalue weighted by Gasteiger charge is -2.22. The Morgan fingerprint density at radius 3 is 2.64 bits per heavy atom. The van der Waals surface area contributed by atoms with E-state index in [0.29, 0.717) is 0 Å². The molecule has 1 atom stereocenters. The van der Waals surface area contributed by atoms with Crippen LogP contribution in [-0.4, -0.2) is 38.4 Å². The summed E-state index contributed by atoms with van der Waals surface area (Å²) in [6.45, 7) is 7.09. The van der Waals surface area contributed by atoms with Gasteiger partial charge in [0, 0.05) is 24.5 Å². The van der Waals surface area contributed by atoms with E-state index in [-0.39, 0.29) is 6.42 Å². The molecule has 134 valence electrons. The Bertz CT molecular complexity index is 762. The number of carbonyl (C=O) groups excluding carboxylic acids is 1. The normalized spacial score (nSPS) is 12.5. The summed E-state index contributed by atoms with van der Waals surface area (Å²) in [5, 5.41) is 11.9. The second kappa shape index (κ2) is 7.38. The number of aryl methyl sites for hydroxylation is 1. The first-order chi connectivity index (χ1) is 11.7. The number of hydrogen-bond donors (Lipinski definition) is 2. The largest absolute Gasteiger partial charge is 0.480 e. The van der Waals surface area contributed by atoms with E-state index in [0.717, 1.165) is 17.1 Å². The van der Waals surface area contributed by atoms with Gasteiger partial charge in [-0.05, 0) is 51.5 Å². The lowest BCUT2D eigenvalue weighted by atomic mass is 10.1. The Labute approximate surface area is 146 Å². The molecule has 0 radical (unpaired) electrons. The number of aliphatic carboxylic acids is 1. The Morgan fingerprint density at radius 2 is 2.04 bits per heavy atom. The number of rotatable bonds is 5. The first-order valence-electron chi connectivity index (χ1n) is 7.98. The number of alkyl carbamates (subject to hydrolysis) is 1. The monoisotopic (exact) mass is 345 g/mol. The average molecular weight is 345 g/mol. The van der Waals surface area contributed by atoms with Crippen LogP contribution < -0.4 is 5.32 Å². The molecule has 0 aliphatic rings. The number of hydrogen-bond acceptors (Lipinski definition) is 4. The van der Waals surface area contributed by atoms with Crippen LogP contribution in [0.2, 0.25) is 0 Å². The van der Waals surface area contributed by atoms with Crippen LogP contribution in [0, 0.1) is 6.92 Å². The van der Waals surface area contributed by atoms with Crippen molar-refractivity contribution in [2.75, 3.05) is 0 Å². The predicted molar refractivity (Wildman–Crippen MR) is 92.8 cm³/mol. The second-order valence-electron chi connectivity index (χ2n) is 6.75. The molecule has 0 fully saturated rings. The van der Waals surface area contributed by atoms with E-state index in [1.807, 2.05) is 35.9 Å². The quantitative estimate of drug-likeness (QED) is 0.869. The van der Waals surface area contributed by atoms with Gasteiger partial charge in [-0.1, -0.05) is 6.07 Å². The minimum Gasteiger partial charge on any atom is -0.480 e. The third-order valence-electron chi connectivity index (χ3n) is 3.45. The molecule has 0 saturated heterocycles. The maximum absolute atomic E-state index is 11.9. The zero-order chi connectivity index (χ0) is 18.6. The van der Waals surface area contributed by atoms with Crippen molar-refractivity contribution in [1.29, 1.82) is 0 Å². The first-order valence-corrected chi connectivity index (χ1v) is 7.98. The van der Waals surface area contributed by atoms with E-state index < -0.39 is 23.7 Å². The number of aromatic nitrogens is 2. The summed E-state index contributed by atoms with van der Waals surface area (Å²) in [5.74, 6) is -0.403. The number of nitrogens with zero attached hydrogens (tertiary/aromatic N) is 2. The van der Waals surface area contributed by atoms with E-state index in [1.165, 1.54) is 0 Å². The molecule has 0 spiro atoms. The number of carboxylic acids is 1. The zero-order valence-electron chi connectivity index (χ0n) is 14.8. The van der Waals surface area contributed by atoms with Crippen LogP contribution in [0.4, 0.5) is 4.79 Å². The maximum Gasteiger partial charge on any atom is 0.408 e. The molecule has 0 aromatic carbocycles. The maximum atomic E-state index is 11.9. The number of amides is 1. The molecule has 7 nitrogen and oxygen atoms in total. The summed E-state index contributed by atoms with van der Waals surface area (Å²) < 4.78 is 6.96. The van der Waals surface area contributed by atoms with Gasteiger partial charge in [0.15, 0.2) is 0 Å². The van der Waals surface area contributed by atoms with E-state index in [4.69, 9.17) is 4.74 Å². The van der Waals surface area contributed by atoms with E-state index in [2.05, 4.69) is 10.3 Å². The van der Waals surface area contributed by atoms with Crippen molar-refractivity contribution >= 4 is 12.1 Å². The molecule has 0 bridgehead atoms. The molecule has 1 amide bonds. The van der Waals surface area contributed by atoms with E-state index in [9.17, 15) is 14.7 Å². The van der Waals surface area contributed by atoms with Crippen molar-refractivity contribution in [2.45, 2.75) is 45.8 Å². The van der Waals surface area contributed by atoms with Crippen LogP contribution in [0.15, 0.2) is 36.7 Å². The topological polar surface area (TPSA) is 93.5 Å². The fraction of sp³-hybridized carbons (Fsp3) is 0.389. The molecule has 7 heteroatoms. The Morgan fingerprint density at radius 1 is 1.32 bits per heavy atom. The zero-order valence-corrected chi connectivity index (χ0v) is 14.8. The lowest BCUT2D eigenvalue weighted by Crippen LogP contribution is -2.44. The van der Waals surface area contributed by atoms with Gasteiger partial charge >= 0.3 is 12.1 Å². The van der Waals surface area contributed by atoms with Crippen LogP contribution in [0.3, 0.4) is 0 Å². The number of carboxylic acid groups (broad SMARTS) is 1. The van der Waals surface area contributed by atoms with Gasteiger partial charge in [0.2, 0.25) is 0 Å². The summed E-state index contributed by atoms with van der Waals surface area (Å²) in [6, 6.07) is 6.29. The Kier molecular flexibility index (Phi) is 5.46. The van der Waals surface area contributed by atoms with Crippen LogP contribution in [0.5, 0.6) is 0 Å². The minimum atomic E-state index is -1.13. The van der Waals surface area contributed by atoms with Gasteiger partial charge in [-0.25, -0.2) is 14.6 Å². The van der Waals surface area contributed by atoms with Crippen molar-refractivity contribution < 1.29 is 19.4 Å². The summed E-state index contributed by atoms with van der Waals surface area (Å²) >= 11 is 0. The molecule has 2 aromatic rings. The number of carbonyl (C=O) groups is 2. The van der Waals surface area contributed by atoms with Crippen LogP contribution in [0.1, 0.15) is 32.0 Å². The number of nitrogens with one attached hydrogen (secondary N) is 1. The fourth-order valence-corrected chi connectivity index (χ4v) is 2.38. The highest BCUT2D eigenvalue weighted by Gasteiger charge is 2.25. The molecule has 2 aromatic heterocycles. The average Bonchev–Trinajstić information content (AvgIpc) is 2.93. The van der Waals surface area contributed by atoms with Gasteiger partial charge in [0.1, 0.15) is 17.5 Å². The highest BCUT2D eigenvalue weighted by Crippen LogP contribution is 2.16. The number of pyridine rings is 1. The van der Waals surface area contributed by atoms with Gasteiger partial charge in [-0.2, -0.15) is 0 Å². The Balaban J connectivity index is 2.19. The van der Waals surface area contributed by atoms with E-state index >= 15 is 0 Å². The van der Waals surface area contributed by atoms with Gasteiger partial charge in [-0.15, -0.1) is 0 Å². The van der Waals surface area contributed by atoms with Crippen molar-refractivity contribution in [3.8, 4) is 5.82 Å². The summed E-state index contributed by atoms with van der Waals surface area (Å²) in [5.41, 5.74) is 0.996. The summed E-state index contributed by atoms with van der Waals surface area (Å²) in [7, 11) is 0. The van der Waals surface area contributed by atoms with Crippen molar-refractivity contribution in [3.63, 3.8) is 0 Å². The van der Waals surface area contributed by atoms with Gasteiger partial charge in [0.25, 0.3) is 0 Å². The fourth-order valence-electron chi connectivity index (χ4n) is 2.38. The molecule has 0 saturated carbocycles. The van der Waals surface area contributed by atoms with Gasteiger partial charge in [-0.3, -0.25) is 0 Å². The van der Waals surface area contributed by atoms with Crippen LogP contribution in [-0.2, 0) is 16.0 Å². The van der Waals surface area contributed by atoms with Crippen molar-refractivity contribution in [3.05, 3.63) is 47.9 Å². The van der Waals surface area contributed by atoms with Gasteiger partial charge in [0.05, 0.1) is 0 Å². The molecule has 0 aliphatic heterocycles. The van der Waals surface area contributed by atoms with Crippen molar-refractivity contribution in [2.24, 2.45) is 0 Å². The van der Waals surface area contributed by atoms with Crippen LogP contribution in [0.25, 0.3) is 5.82 Å². The van der Waals surface area contributed by atoms with Crippen molar-refractivity contribution in [1.82, 2.24) is 14.9 Å².